The van der Waals surface area contributed by atoms with Crippen molar-refractivity contribution in [1.29, 1.82) is 0 Å². The number of carbonyl (C=O) groups is 2. The van der Waals surface area contributed by atoms with Crippen LogP contribution in [-0.2, 0) is 4.79 Å². The maximum absolute atomic E-state index is 12.7. The van der Waals surface area contributed by atoms with Crippen molar-refractivity contribution in [2.75, 3.05) is 13.2 Å². The lowest BCUT2D eigenvalue weighted by atomic mass is 10.0. The zero-order chi connectivity index (χ0) is 25.1. The molecule has 2 aromatic rings. The molecule has 0 bridgehead atoms. The Hall–Kier alpha value is -3.21. The summed E-state index contributed by atoms with van der Waals surface area (Å²) >= 11 is 12.2. The van der Waals surface area contributed by atoms with Gasteiger partial charge in [-0.3, -0.25) is 9.59 Å². The van der Waals surface area contributed by atoms with Gasteiger partial charge in [-0.1, -0.05) is 43.0 Å². The van der Waals surface area contributed by atoms with E-state index >= 15 is 0 Å². The third-order valence-corrected chi connectivity index (χ3v) is 4.99. The molecule has 1 unspecified atom stereocenters. The normalized spacial score (nSPS) is 11.7. The minimum absolute atomic E-state index is 0.0439. The molecule has 180 valence electrons. The van der Waals surface area contributed by atoms with Gasteiger partial charge in [-0.05, 0) is 61.2 Å². The molecule has 0 aromatic heterocycles. The van der Waals surface area contributed by atoms with Crippen LogP contribution in [0.2, 0.25) is 10.0 Å². The second-order valence-electron chi connectivity index (χ2n) is 7.65. The monoisotopic (exact) mass is 503 g/mol. The quantitative estimate of drug-likeness (QED) is 0.264. The molecule has 2 amide bonds. The molecule has 0 saturated heterocycles. The number of carbonyl (C=O) groups excluding carboxylic acids is 2. The highest BCUT2D eigenvalue weighted by Gasteiger charge is 2.22. The van der Waals surface area contributed by atoms with E-state index in [1.165, 1.54) is 6.21 Å². The van der Waals surface area contributed by atoms with Gasteiger partial charge in [0.2, 0.25) is 0 Å². The lowest BCUT2D eigenvalue weighted by Crippen LogP contribution is -2.46. The van der Waals surface area contributed by atoms with E-state index in [1.54, 1.807) is 36.4 Å². The molecule has 2 aromatic carbocycles. The molecule has 7 nitrogen and oxygen atoms in total. The molecule has 0 spiro atoms. The minimum atomic E-state index is -0.776. The van der Waals surface area contributed by atoms with E-state index < -0.39 is 11.9 Å². The van der Waals surface area contributed by atoms with Gasteiger partial charge < -0.3 is 14.8 Å². The molecule has 0 radical (unpaired) electrons. The van der Waals surface area contributed by atoms with Gasteiger partial charge in [0.15, 0.2) is 11.5 Å². The number of benzene rings is 2. The standard InChI is InChI=1S/C25H27Cl2N3O4/c1-5-11-34-23-20(27)13-17(14-22(23)33-6-2)15-28-30-25(32)21(12-16(3)4)29-24(31)18-7-9-19(26)10-8-18/h1,7-10,13-16,21H,6,11-12H2,2-4H3,(H,29,31)(H,30,32). The first kappa shape index (κ1) is 27.0. The van der Waals surface area contributed by atoms with Crippen LogP contribution in [0.4, 0.5) is 0 Å². The van der Waals surface area contributed by atoms with E-state index in [0.717, 1.165) is 0 Å². The summed E-state index contributed by atoms with van der Waals surface area (Å²) in [4.78, 5) is 25.3. The fourth-order valence-electron chi connectivity index (χ4n) is 2.97. The van der Waals surface area contributed by atoms with Crippen LogP contribution in [0.3, 0.4) is 0 Å². The first-order valence-corrected chi connectivity index (χ1v) is 11.4. The second-order valence-corrected chi connectivity index (χ2v) is 8.50. The molecule has 1 atom stereocenters. The van der Waals surface area contributed by atoms with E-state index in [0.29, 0.717) is 45.7 Å². The SMILES string of the molecule is C#CCOc1c(Cl)cc(C=NNC(=O)C(CC(C)C)NC(=O)c2ccc(Cl)cc2)cc1OCC. The van der Waals surface area contributed by atoms with Gasteiger partial charge in [0.1, 0.15) is 12.6 Å². The Morgan fingerprint density at radius 1 is 1.18 bits per heavy atom. The Labute approximate surface area is 209 Å². The fourth-order valence-corrected chi connectivity index (χ4v) is 3.37. The van der Waals surface area contributed by atoms with Crippen LogP contribution in [0.1, 0.15) is 43.1 Å². The van der Waals surface area contributed by atoms with E-state index in [1.807, 2.05) is 20.8 Å². The Morgan fingerprint density at radius 2 is 1.88 bits per heavy atom. The summed E-state index contributed by atoms with van der Waals surface area (Å²) in [5.74, 6) is 2.46. The van der Waals surface area contributed by atoms with Gasteiger partial charge >= 0.3 is 0 Å². The van der Waals surface area contributed by atoms with Gasteiger partial charge in [-0.25, -0.2) is 5.43 Å². The number of hydrazone groups is 1. The molecular formula is C25H27Cl2N3O4. The maximum Gasteiger partial charge on any atom is 0.262 e. The van der Waals surface area contributed by atoms with Crippen molar-refractivity contribution in [1.82, 2.24) is 10.7 Å². The highest BCUT2D eigenvalue weighted by atomic mass is 35.5. The Morgan fingerprint density at radius 3 is 2.50 bits per heavy atom. The summed E-state index contributed by atoms with van der Waals surface area (Å²) in [6, 6.07) is 8.92. The average Bonchev–Trinajstić information content (AvgIpc) is 2.78. The van der Waals surface area contributed by atoms with Gasteiger partial charge in [-0.15, -0.1) is 6.42 Å². The summed E-state index contributed by atoms with van der Waals surface area (Å²) in [6.07, 6.45) is 7.10. The number of terminal acetylenes is 1. The van der Waals surface area contributed by atoms with Crippen LogP contribution in [0.25, 0.3) is 0 Å². The first-order chi connectivity index (χ1) is 16.2. The first-order valence-electron chi connectivity index (χ1n) is 10.7. The van der Waals surface area contributed by atoms with Crippen LogP contribution in [-0.4, -0.2) is 37.3 Å². The molecule has 0 aliphatic rings. The van der Waals surface area contributed by atoms with E-state index in [2.05, 4.69) is 21.8 Å². The van der Waals surface area contributed by atoms with E-state index in [9.17, 15) is 9.59 Å². The summed E-state index contributed by atoms with van der Waals surface area (Å²) in [5.41, 5.74) is 3.45. The van der Waals surface area contributed by atoms with Crippen LogP contribution in [0.5, 0.6) is 11.5 Å². The number of amides is 2. The third-order valence-electron chi connectivity index (χ3n) is 4.46. The second kappa shape index (κ2) is 13.5. The molecule has 0 aliphatic heterocycles. The Bertz CT molecular complexity index is 1060. The van der Waals surface area contributed by atoms with Crippen molar-refractivity contribution in [2.24, 2.45) is 11.0 Å². The molecule has 34 heavy (non-hydrogen) atoms. The predicted octanol–water partition coefficient (Wildman–Crippen LogP) is 4.70. The zero-order valence-electron chi connectivity index (χ0n) is 19.2. The molecule has 9 heteroatoms. The van der Waals surface area contributed by atoms with Gasteiger partial charge in [0, 0.05) is 10.6 Å². The third kappa shape index (κ3) is 8.29. The average molecular weight is 504 g/mol. The maximum atomic E-state index is 12.7. The van der Waals surface area contributed by atoms with Crippen molar-refractivity contribution in [3.63, 3.8) is 0 Å². The molecule has 2 N–H and O–H groups in total. The summed E-state index contributed by atoms with van der Waals surface area (Å²) in [7, 11) is 0. The lowest BCUT2D eigenvalue weighted by molar-refractivity contribution is -0.123. The van der Waals surface area contributed by atoms with Crippen molar-refractivity contribution in [2.45, 2.75) is 33.2 Å². The van der Waals surface area contributed by atoms with E-state index in [4.69, 9.17) is 39.1 Å². The van der Waals surface area contributed by atoms with Crippen LogP contribution < -0.4 is 20.2 Å². The molecule has 0 heterocycles. The molecule has 0 aliphatic carbocycles. The number of hydrogen-bond donors (Lipinski definition) is 2. The van der Waals surface area contributed by atoms with Gasteiger partial charge in [-0.2, -0.15) is 5.10 Å². The summed E-state index contributed by atoms with van der Waals surface area (Å²) in [6.45, 7) is 6.18. The van der Waals surface area contributed by atoms with Crippen molar-refractivity contribution in [3.8, 4) is 23.8 Å². The van der Waals surface area contributed by atoms with Crippen molar-refractivity contribution in [3.05, 3.63) is 57.6 Å². The predicted molar refractivity (Wildman–Crippen MR) is 135 cm³/mol. The molecule has 2 rings (SSSR count). The van der Waals surface area contributed by atoms with Crippen molar-refractivity contribution >= 4 is 41.2 Å². The highest BCUT2D eigenvalue weighted by Crippen LogP contribution is 2.36. The number of rotatable bonds is 11. The zero-order valence-corrected chi connectivity index (χ0v) is 20.7. The van der Waals surface area contributed by atoms with Gasteiger partial charge in [0.25, 0.3) is 11.8 Å². The summed E-state index contributed by atoms with van der Waals surface area (Å²) in [5, 5.41) is 7.58. The molecular weight excluding hydrogens is 477 g/mol. The van der Waals surface area contributed by atoms with Crippen LogP contribution >= 0.6 is 23.2 Å². The van der Waals surface area contributed by atoms with Crippen molar-refractivity contribution < 1.29 is 19.1 Å². The molecule has 0 saturated carbocycles. The summed E-state index contributed by atoms with van der Waals surface area (Å²) < 4.78 is 11.0. The highest BCUT2D eigenvalue weighted by molar-refractivity contribution is 6.32. The van der Waals surface area contributed by atoms with Crippen LogP contribution in [0, 0.1) is 18.3 Å². The van der Waals surface area contributed by atoms with E-state index in [-0.39, 0.29) is 18.4 Å². The number of nitrogens with zero attached hydrogens (tertiary/aromatic N) is 1. The van der Waals surface area contributed by atoms with Crippen LogP contribution in [0.15, 0.2) is 41.5 Å². The number of hydrogen-bond acceptors (Lipinski definition) is 5. The molecule has 0 fully saturated rings. The van der Waals surface area contributed by atoms with Gasteiger partial charge in [0.05, 0.1) is 17.8 Å². The smallest absolute Gasteiger partial charge is 0.262 e. The topological polar surface area (TPSA) is 89.0 Å². The Kier molecular flexibility index (Phi) is 10.7. The Balaban J connectivity index is 2.12. The largest absolute Gasteiger partial charge is 0.490 e. The number of halogens is 2. The number of nitrogens with one attached hydrogen (secondary N) is 2. The minimum Gasteiger partial charge on any atom is -0.490 e. The number of ether oxygens (including phenoxy) is 2. The lowest BCUT2D eigenvalue weighted by Gasteiger charge is -2.19. The fraction of sp³-hybridized carbons (Fsp3) is 0.320.